The Morgan fingerprint density at radius 2 is 1.79 bits per heavy atom. The van der Waals surface area contributed by atoms with Gasteiger partial charge in [-0.3, -0.25) is 9.10 Å². The second-order valence-corrected chi connectivity index (χ2v) is 9.21. The van der Waals surface area contributed by atoms with Crippen LogP contribution in [0.5, 0.6) is 5.75 Å². The highest BCUT2D eigenvalue weighted by Gasteiger charge is 2.21. The van der Waals surface area contributed by atoms with Crippen molar-refractivity contribution in [2.45, 2.75) is 11.8 Å². The number of rotatable bonds is 6. The molecular formula is C20H21N3O4S2. The first kappa shape index (κ1) is 20.8. The molecule has 0 aliphatic carbocycles. The number of aryl methyl sites for hydroxylation is 2. The fourth-order valence-corrected chi connectivity index (χ4v) is 4.42. The van der Waals surface area contributed by atoms with Crippen molar-refractivity contribution in [3.8, 4) is 5.75 Å². The molecule has 3 aromatic rings. The van der Waals surface area contributed by atoms with Crippen LogP contribution in [0.25, 0.3) is 0 Å². The maximum atomic E-state index is 12.8. The van der Waals surface area contributed by atoms with Crippen molar-refractivity contribution < 1.29 is 17.9 Å². The van der Waals surface area contributed by atoms with Crippen molar-refractivity contribution in [3.63, 3.8) is 0 Å². The normalized spacial score (nSPS) is 12.0. The average Bonchev–Trinajstić information content (AvgIpc) is 3.11. The largest absolute Gasteiger partial charge is 0.484 e. The molecule has 9 heteroatoms. The zero-order chi connectivity index (χ0) is 21.0. The van der Waals surface area contributed by atoms with E-state index >= 15 is 0 Å². The van der Waals surface area contributed by atoms with E-state index in [0.717, 1.165) is 5.56 Å². The first-order chi connectivity index (χ1) is 13.8. The fraction of sp³-hybridized carbons (Fsp3) is 0.200. The highest BCUT2D eigenvalue weighted by molar-refractivity contribution is 7.92. The summed E-state index contributed by atoms with van der Waals surface area (Å²) >= 11 is 1.36. The molecule has 152 valence electrons. The molecule has 0 saturated heterocycles. The van der Waals surface area contributed by atoms with Crippen LogP contribution in [0.2, 0.25) is 0 Å². The minimum absolute atomic E-state index is 0.200. The van der Waals surface area contributed by atoms with Gasteiger partial charge < -0.3 is 9.30 Å². The van der Waals surface area contributed by atoms with Crippen LogP contribution in [0, 0.1) is 6.92 Å². The van der Waals surface area contributed by atoms with Gasteiger partial charge in [-0.05, 0) is 43.3 Å². The van der Waals surface area contributed by atoms with Gasteiger partial charge in [0.15, 0.2) is 11.4 Å². The molecule has 0 atom stereocenters. The Morgan fingerprint density at radius 3 is 2.38 bits per heavy atom. The number of sulfonamides is 1. The molecule has 1 heterocycles. The van der Waals surface area contributed by atoms with Crippen molar-refractivity contribution >= 4 is 33.0 Å². The summed E-state index contributed by atoms with van der Waals surface area (Å²) < 4.78 is 33.9. The molecule has 0 aliphatic heterocycles. The molecule has 0 spiro atoms. The van der Waals surface area contributed by atoms with Crippen molar-refractivity contribution in [2.24, 2.45) is 12.0 Å². The van der Waals surface area contributed by atoms with Crippen LogP contribution in [0.15, 0.2) is 70.0 Å². The summed E-state index contributed by atoms with van der Waals surface area (Å²) in [6.07, 6.45) is 1.82. The number of anilines is 1. The summed E-state index contributed by atoms with van der Waals surface area (Å²) in [6.45, 7) is 1.70. The predicted octanol–water partition coefficient (Wildman–Crippen LogP) is 2.73. The molecule has 0 N–H and O–H groups in total. The van der Waals surface area contributed by atoms with Gasteiger partial charge >= 0.3 is 0 Å². The number of carbonyl (C=O) groups is 1. The first-order valence-electron chi connectivity index (χ1n) is 8.73. The lowest BCUT2D eigenvalue weighted by molar-refractivity contribution is -0.120. The van der Waals surface area contributed by atoms with Gasteiger partial charge in [-0.15, -0.1) is 11.3 Å². The third kappa shape index (κ3) is 4.93. The highest BCUT2D eigenvalue weighted by atomic mass is 32.2. The molecule has 0 aliphatic rings. The number of benzene rings is 2. The van der Waals surface area contributed by atoms with Crippen LogP contribution in [-0.2, 0) is 21.9 Å². The molecule has 3 rings (SSSR count). The number of thiazole rings is 1. The van der Waals surface area contributed by atoms with Gasteiger partial charge in [0.25, 0.3) is 15.9 Å². The van der Waals surface area contributed by atoms with Crippen molar-refractivity contribution in [1.82, 2.24) is 4.57 Å². The molecule has 29 heavy (non-hydrogen) atoms. The van der Waals surface area contributed by atoms with Crippen molar-refractivity contribution in [2.75, 3.05) is 18.0 Å². The Hall–Kier alpha value is -2.91. The summed E-state index contributed by atoms with van der Waals surface area (Å²) in [5, 5.41) is 1.84. The number of hydrogen-bond acceptors (Lipinski definition) is 5. The van der Waals surface area contributed by atoms with Crippen LogP contribution in [0.1, 0.15) is 5.56 Å². The molecule has 2 aromatic carbocycles. The van der Waals surface area contributed by atoms with Gasteiger partial charge in [0.1, 0.15) is 5.75 Å². The Bertz CT molecular complexity index is 1160. The zero-order valence-corrected chi connectivity index (χ0v) is 17.9. The summed E-state index contributed by atoms with van der Waals surface area (Å²) in [5.74, 6) is 0.0557. The van der Waals surface area contributed by atoms with E-state index in [-0.39, 0.29) is 11.5 Å². The van der Waals surface area contributed by atoms with Gasteiger partial charge in [0.2, 0.25) is 0 Å². The molecular weight excluding hydrogens is 410 g/mol. The third-order valence-corrected chi connectivity index (χ3v) is 6.87. The number of nitrogens with zero attached hydrogens (tertiary/aromatic N) is 3. The Kier molecular flexibility index (Phi) is 6.19. The minimum Gasteiger partial charge on any atom is -0.484 e. The highest BCUT2D eigenvalue weighted by Crippen LogP contribution is 2.24. The minimum atomic E-state index is -3.66. The fourth-order valence-electron chi connectivity index (χ4n) is 2.48. The summed E-state index contributed by atoms with van der Waals surface area (Å²) in [5.41, 5.74) is 1.47. The number of amides is 1. The molecule has 7 nitrogen and oxygen atoms in total. The quantitative estimate of drug-likeness (QED) is 0.601. The lowest BCUT2D eigenvalue weighted by Crippen LogP contribution is -2.26. The topological polar surface area (TPSA) is 81.0 Å². The van der Waals surface area contributed by atoms with Crippen LogP contribution in [-0.4, -0.2) is 32.5 Å². The number of aromatic nitrogens is 1. The first-order valence-corrected chi connectivity index (χ1v) is 11.1. The molecule has 0 unspecified atom stereocenters. The maximum Gasteiger partial charge on any atom is 0.286 e. The monoisotopic (exact) mass is 431 g/mol. The van der Waals surface area contributed by atoms with Crippen LogP contribution in [0.4, 0.5) is 5.69 Å². The van der Waals surface area contributed by atoms with Gasteiger partial charge in [-0.1, -0.05) is 17.7 Å². The van der Waals surface area contributed by atoms with E-state index in [1.807, 2.05) is 25.5 Å². The Morgan fingerprint density at radius 1 is 1.14 bits per heavy atom. The summed E-state index contributed by atoms with van der Waals surface area (Å²) in [6, 6.07) is 13.2. The van der Waals surface area contributed by atoms with Crippen LogP contribution >= 0.6 is 11.3 Å². The third-order valence-electron chi connectivity index (χ3n) is 4.22. The standard InChI is InChI=1S/C20H21N3O4S2/c1-15-4-10-18(11-5-15)29(25,26)23(3)16-6-8-17(9-7-16)27-14-19(24)21-20-22(2)12-13-28-20/h4-13H,14H2,1-3H3. The Balaban J connectivity index is 1.67. The lowest BCUT2D eigenvalue weighted by Gasteiger charge is -2.20. The summed E-state index contributed by atoms with van der Waals surface area (Å²) in [4.78, 5) is 16.7. The van der Waals surface area contributed by atoms with Crippen LogP contribution < -0.4 is 13.8 Å². The molecule has 1 amide bonds. The van der Waals surface area contributed by atoms with E-state index in [9.17, 15) is 13.2 Å². The molecule has 1 aromatic heterocycles. The maximum absolute atomic E-state index is 12.8. The van der Waals surface area contributed by atoms with E-state index in [0.29, 0.717) is 16.2 Å². The summed E-state index contributed by atoms with van der Waals surface area (Å²) in [7, 11) is -0.355. The van der Waals surface area contributed by atoms with E-state index < -0.39 is 15.9 Å². The van der Waals surface area contributed by atoms with E-state index in [2.05, 4.69) is 4.99 Å². The van der Waals surface area contributed by atoms with E-state index in [4.69, 9.17) is 4.74 Å². The van der Waals surface area contributed by atoms with Crippen molar-refractivity contribution in [3.05, 3.63) is 70.5 Å². The predicted molar refractivity (Wildman–Crippen MR) is 113 cm³/mol. The van der Waals surface area contributed by atoms with Crippen LogP contribution in [0.3, 0.4) is 0 Å². The van der Waals surface area contributed by atoms with E-state index in [1.54, 1.807) is 53.1 Å². The molecule has 0 saturated carbocycles. The number of ether oxygens (including phenoxy) is 1. The van der Waals surface area contributed by atoms with Gasteiger partial charge in [0.05, 0.1) is 10.6 Å². The van der Waals surface area contributed by atoms with Crippen molar-refractivity contribution in [1.29, 1.82) is 0 Å². The second-order valence-electron chi connectivity index (χ2n) is 6.37. The smallest absolute Gasteiger partial charge is 0.286 e. The molecule has 0 bridgehead atoms. The zero-order valence-electron chi connectivity index (χ0n) is 16.3. The average molecular weight is 432 g/mol. The van der Waals surface area contributed by atoms with Gasteiger partial charge in [0, 0.05) is 25.7 Å². The van der Waals surface area contributed by atoms with E-state index in [1.165, 1.54) is 22.7 Å². The van der Waals surface area contributed by atoms with Gasteiger partial charge in [-0.2, -0.15) is 4.99 Å². The second kappa shape index (κ2) is 8.62. The Labute approximate surface area is 173 Å². The van der Waals surface area contributed by atoms with Gasteiger partial charge in [-0.25, -0.2) is 8.42 Å². The number of hydrogen-bond donors (Lipinski definition) is 0. The molecule has 0 radical (unpaired) electrons. The SMILES string of the molecule is Cc1ccc(S(=O)(=O)N(C)c2ccc(OCC(=O)N=c3sccn3C)cc2)cc1. The molecule has 0 fully saturated rings. The number of carbonyl (C=O) groups excluding carboxylic acids is 1. The lowest BCUT2D eigenvalue weighted by atomic mass is 10.2.